The van der Waals surface area contributed by atoms with Crippen LogP contribution in [0.1, 0.15) is 25.3 Å². The Kier molecular flexibility index (Phi) is 5.69. The highest BCUT2D eigenvalue weighted by Gasteiger charge is 2.36. The van der Waals surface area contributed by atoms with Crippen molar-refractivity contribution in [2.45, 2.75) is 32.2 Å². The minimum absolute atomic E-state index is 0.0428. The second kappa shape index (κ2) is 8.55. The molecule has 2 atom stereocenters. The molecule has 0 unspecified atom stereocenters. The molecule has 0 aliphatic carbocycles. The fourth-order valence-corrected chi connectivity index (χ4v) is 3.79. The number of rotatable bonds is 6. The van der Waals surface area contributed by atoms with E-state index in [1.54, 1.807) is 4.90 Å². The molecule has 152 valence electrons. The molecular formula is C23H26N2O4. The predicted octanol–water partition coefficient (Wildman–Crippen LogP) is 2.95. The van der Waals surface area contributed by atoms with Crippen LogP contribution >= 0.6 is 0 Å². The highest BCUT2D eigenvalue weighted by Crippen LogP contribution is 2.36. The monoisotopic (exact) mass is 394 g/mol. The van der Waals surface area contributed by atoms with Crippen LogP contribution in [0.4, 0.5) is 5.69 Å². The summed E-state index contributed by atoms with van der Waals surface area (Å²) in [4.78, 5) is 26.9. The van der Waals surface area contributed by atoms with Crippen LogP contribution in [0.2, 0.25) is 0 Å². The van der Waals surface area contributed by atoms with Gasteiger partial charge >= 0.3 is 0 Å². The summed E-state index contributed by atoms with van der Waals surface area (Å²) in [6, 6.07) is 15.8. The molecule has 0 bridgehead atoms. The summed E-state index contributed by atoms with van der Waals surface area (Å²) < 4.78 is 11.1. The molecule has 2 aliphatic rings. The molecular weight excluding hydrogens is 368 g/mol. The van der Waals surface area contributed by atoms with E-state index in [1.165, 1.54) is 5.56 Å². The van der Waals surface area contributed by atoms with E-state index in [0.717, 1.165) is 18.5 Å². The van der Waals surface area contributed by atoms with Crippen molar-refractivity contribution in [3.63, 3.8) is 0 Å². The van der Waals surface area contributed by atoms with Crippen LogP contribution in [0.25, 0.3) is 0 Å². The number of hydrogen-bond acceptors (Lipinski definition) is 4. The van der Waals surface area contributed by atoms with E-state index in [-0.39, 0.29) is 30.2 Å². The molecule has 0 radical (unpaired) electrons. The summed E-state index contributed by atoms with van der Waals surface area (Å²) in [5.41, 5.74) is 2.00. The fourth-order valence-electron chi connectivity index (χ4n) is 3.79. The van der Waals surface area contributed by atoms with Gasteiger partial charge in [-0.25, -0.2) is 0 Å². The van der Waals surface area contributed by atoms with E-state index >= 15 is 0 Å². The van der Waals surface area contributed by atoms with Gasteiger partial charge in [0.1, 0.15) is 13.2 Å². The van der Waals surface area contributed by atoms with Crippen LogP contribution in [0.5, 0.6) is 11.5 Å². The van der Waals surface area contributed by atoms with E-state index in [2.05, 4.69) is 17.4 Å². The van der Waals surface area contributed by atoms with Gasteiger partial charge in [-0.3, -0.25) is 9.59 Å². The highest BCUT2D eigenvalue weighted by molar-refractivity contribution is 6.00. The quantitative estimate of drug-likeness (QED) is 0.818. The summed E-state index contributed by atoms with van der Waals surface area (Å²) >= 11 is 0. The van der Waals surface area contributed by atoms with Gasteiger partial charge in [-0.05, 0) is 37.5 Å². The maximum absolute atomic E-state index is 12.7. The predicted molar refractivity (Wildman–Crippen MR) is 110 cm³/mol. The molecule has 29 heavy (non-hydrogen) atoms. The van der Waals surface area contributed by atoms with Gasteiger partial charge in [0.05, 0.1) is 5.92 Å². The molecule has 0 aromatic heterocycles. The van der Waals surface area contributed by atoms with Crippen LogP contribution in [0.15, 0.2) is 48.5 Å². The number of carbonyl (C=O) groups is 2. The van der Waals surface area contributed by atoms with Gasteiger partial charge in [0.2, 0.25) is 11.8 Å². The Labute approximate surface area is 170 Å². The Morgan fingerprint density at radius 2 is 1.90 bits per heavy atom. The van der Waals surface area contributed by atoms with Crippen molar-refractivity contribution >= 4 is 17.5 Å². The number of amides is 2. The molecule has 0 saturated carbocycles. The van der Waals surface area contributed by atoms with Crippen molar-refractivity contribution in [2.24, 2.45) is 5.92 Å². The van der Waals surface area contributed by atoms with Crippen LogP contribution in [0.3, 0.4) is 0 Å². The third-order valence-corrected chi connectivity index (χ3v) is 5.43. The van der Waals surface area contributed by atoms with Gasteiger partial charge in [-0.1, -0.05) is 30.3 Å². The first-order valence-electron chi connectivity index (χ1n) is 10.1. The molecule has 1 N–H and O–H groups in total. The van der Waals surface area contributed by atoms with Gasteiger partial charge in [0.25, 0.3) is 0 Å². The Morgan fingerprint density at radius 3 is 2.69 bits per heavy atom. The zero-order valence-electron chi connectivity index (χ0n) is 16.6. The third kappa shape index (κ3) is 4.53. The largest absolute Gasteiger partial charge is 0.486 e. The van der Waals surface area contributed by atoms with E-state index < -0.39 is 0 Å². The Bertz CT molecular complexity index is 884. The van der Waals surface area contributed by atoms with Crippen molar-refractivity contribution < 1.29 is 19.1 Å². The molecule has 2 aromatic rings. The maximum Gasteiger partial charge on any atom is 0.227 e. The number of hydrogen-bond donors (Lipinski definition) is 1. The smallest absolute Gasteiger partial charge is 0.227 e. The third-order valence-electron chi connectivity index (χ3n) is 5.43. The van der Waals surface area contributed by atoms with Crippen molar-refractivity contribution in [1.29, 1.82) is 0 Å². The molecule has 2 amide bonds. The van der Waals surface area contributed by atoms with Gasteiger partial charge in [-0.2, -0.15) is 0 Å². The minimum Gasteiger partial charge on any atom is -0.486 e. The molecule has 1 saturated heterocycles. The summed E-state index contributed by atoms with van der Waals surface area (Å²) in [5, 5.41) is 3.07. The number of nitrogens with zero attached hydrogens (tertiary/aromatic N) is 1. The molecule has 2 heterocycles. The Hall–Kier alpha value is -3.02. The lowest BCUT2D eigenvalue weighted by Gasteiger charge is -2.22. The zero-order chi connectivity index (χ0) is 20.2. The number of ether oxygens (including phenoxy) is 2. The van der Waals surface area contributed by atoms with Crippen LogP contribution in [0, 0.1) is 5.92 Å². The highest BCUT2D eigenvalue weighted by atomic mass is 16.6. The van der Waals surface area contributed by atoms with Crippen LogP contribution in [-0.4, -0.2) is 37.6 Å². The molecule has 6 nitrogen and oxygen atoms in total. The molecule has 0 spiro atoms. The standard InChI is InChI=1S/C23H26N2O4/c1-16(7-8-17-5-3-2-4-6-17)24-23(27)18-13-22(26)25(15-18)19-9-10-20-21(14-19)29-12-11-28-20/h2-6,9-10,14,16,18H,7-8,11-13,15H2,1H3,(H,24,27)/t16-,18-/m0/s1. The van der Waals surface area contributed by atoms with Crippen molar-refractivity contribution in [1.82, 2.24) is 5.32 Å². The average Bonchev–Trinajstić information content (AvgIpc) is 3.14. The normalized spacial score (nSPS) is 19.1. The fraction of sp³-hybridized carbons (Fsp3) is 0.391. The average molecular weight is 394 g/mol. The molecule has 4 rings (SSSR count). The number of carbonyl (C=O) groups excluding carboxylic acids is 2. The van der Waals surface area contributed by atoms with Crippen molar-refractivity contribution in [3.8, 4) is 11.5 Å². The Morgan fingerprint density at radius 1 is 1.14 bits per heavy atom. The van der Waals surface area contributed by atoms with E-state index in [4.69, 9.17) is 9.47 Å². The summed E-state index contributed by atoms with van der Waals surface area (Å²) in [7, 11) is 0. The molecule has 2 aliphatic heterocycles. The van der Waals surface area contributed by atoms with Gasteiger partial charge in [-0.15, -0.1) is 0 Å². The van der Waals surface area contributed by atoms with E-state index in [9.17, 15) is 9.59 Å². The molecule has 1 fully saturated rings. The number of fused-ring (bicyclic) bond motifs is 1. The summed E-state index contributed by atoms with van der Waals surface area (Å²) in [5.74, 6) is 0.893. The van der Waals surface area contributed by atoms with Gasteiger partial charge < -0.3 is 19.7 Å². The Balaban J connectivity index is 1.33. The van der Waals surface area contributed by atoms with Gasteiger partial charge in [0, 0.05) is 30.8 Å². The lowest BCUT2D eigenvalue weighted by Crippen LogP contribution is -2.38. The SMILES string of the molecule is C[C@@H](CCc1ccccc1)NC(=O)[C@H]1CC(=O)N(c2ccc3c(c2)OCCO3)C1. The number of anilines is 1. The molecule has 2 aromatic carbocycles. The first-order chi connectivity index (χ1) is 14.1. The minimum atomic E-state index is -0.338. The first-order valence-corrected chi connectivity index (χ1v) is 10.1. The summed E-state index contributed by atoms with van der Waals surface area (Å²) in [6.07, 6.45) is 2.00. The lowest BCUT2D eigenvalue weighted by molar-refractivity contribution is -0.126. The maximum atomic E-state index is 12.7. The first kappa shape index (κ1) is 19.3. The second-order valence-electron chi connectivity index (χ2n) is 7.67. The zero-order valence-corrected chi connectivity index (χ0v) is 16.6. The summed E-state index contributed by atoms with van der Waals surface area (Å²) in [6.45, 7) is 3.42. The number of benzene rings is 2. The topological polar surface area (TPSA) is 67.9 Å². The van der Waals surface area contributed by atoms with Crippen molar-refractivity contribution in [3.05, 3.63) is 54.1 Å². The van der Waals surface area contributed by atoms with E-state index in [0.29, 0.717) is 31.3 Å². The van der Waals surface area contributed by atoms with E-state index in [1.807, 2.05) is 43.3 Å². The second-order valence-corrected chi connectivity index (χ2v) is 7.67. The van der Waals surface area contributed by atoms with Gasteiger partial charge in [0.15, 0.2) is 11.5 Å². The number of nitrogens with one attached hydrogen (secondary N) is 1. The lowest BCUT2D eigenvalue weighted by atomic mass is 10.0. The van der Waals surface area contributed by atoms with Crippen molar-refractivity contribution in [2.75, 3.05) is 24.7 Å². The molecule has 6 heteroatoms. The van der Waals surface area contributed by atoms with Crippen LogP contribution < -0.4 is 19.7 Å². The number of aryl methyl sites for hydroxylation is 1. The van der Waals surface area contributed by atoms with Crippen LogP contribution in [-0.2, 0) is 16.0 Å².